The largest absolute Gasteiger partial charge is 0.507 e. The number of aromatic nitrogens is 3. The fraction of sp³-hybridized carbons (Fsp3) is 0.393. The number of phenolic OH excluding ortho intramolecular Hbond substituents is 1. The Hall–Kier alpha value is -3.83. The second-order valence-electron chi connectivity index (χ2n) is 9.90. The molecule has 2 aromatic heterocycles. The first kappa shape index (κ1) is 22.6. The van der Waals surface area contributed by atoms with Crippen LogP contribution in [0.1, 0.15) is 31.4 Å². The molecule has 1 aromatic carbocycles. The SMILES string of the molecule is Nc1nnc(-c2ccccc2O)cc1N1CC2CCC(C1)N2c1ccnc(C#CCN2CCCC2)c1. The summed E-state index contributed by atoms with van der Waals surface area (Å²) in [5.74, 6) is 7.19. The van der Waals surface area contributed by atoms with E-state index in [2.05, 4.69) is 53.9 Å². The molecule has 3 fully saturated rings. The van der Waals surface area contributed by atoms with Crippen LogP contribution in [0.15, 0.2) is 48.7 Å². The lowest BCUT2D eigenvalue weighted by molar-refractivity contribution is 0.383. The Balaban J connectivity index is 1.20. The minimum Gasteiger partial charge on any atom is -0.507 e. The Morgan fingerprint density at radius 1 is 1.00 bits per heavy atom. The predicted octanol–water partition coefficient (Wildman–Crippen LogP) is 3.13. The minimum absolute atomic E-state index is 0.185. The van der Waals surface area contributed by atoms with Crippen LogP contribution in [0.5, 0.6) is 5.75 Å². The molecule has 0 aliphatic carbocycles. The monoisotopic (exact) mass is 481 g/mol. The summed E-state index contributed by atoms with van der Waals surface area (Å²) < 4.78 is 0. The Bertz CT molecular complexity index is 1300. The molecule has 3 aliphatic heterocycles. The van der Waals surface area contributed by atoms with Gasteiger partial charge in [-0.1, -0.05) is 18.1 Å². The number of aromatic hydroxyl groups is 1. The highest BCUT2D eigenvalue weighted by molar-refractivity contribution is 5.74. The normalized spacial score (nSPS) is 21.4. The maximum atomic E-state index is 10.3. The summed E-state index contributed by atoms with van der Waals surface area (Å²) in [7, 11) is 0. The van der Waals surface area contributed by atoms with Crippen LogP contribution >= 0.6 is 0 Å². The highest BCUT2D eigenvalue weighted by Crippen LogP contribution is 2.38. The van der Waals surface area contributed by atoms with E-state index in [-0.39, 0.29) is 5.75 Å². The van der Waals surface area contributed by atoms with E-state index >= 15 is 0 Å². The van der Waals surface area contributed by atoms with E-state index in [4.69, 9.17) is 5.73 Å². The van der Waals surface area contributed by atoms with Crippen molar-refractivity contribution in [2.75, 3.05) is 48.3 Å². The number of rotatable bonds is 4. The van der Waals surface area contributed by atoms with Crippen molar-refractivity contribution in [3.05, 3.63) is 54.4 Å². The zero-order valence-corrected chi connectivity index (χ0v) is 20.3. The number of piperazine rings is 1. The second kappa shape index (κ2) is 9.67. The lowest BCUT2D eigenvalue weighted by atomic mass is 10.1. The molecule has 0 amide bonds. The summed E-state index contributed by atoms with van der Waals surface area (Å²) >= 11 is 0. The summed E-state index contributed by atoms with van der Waals surface area (Å²) in [6, 6.07) is 14.1. The summed E-state index contributed by atoms with van der Waals surface area (Å²) in [4.78, 5) is 11.8. The second-order valence-corrected chi connectivity index (χ2v) is 9.90. The number of phenols is 1. The van der Waals surface area contributed by atoms with Crippen molar-refractivity contribution < 1.29 is 5.11 Å². The Labute approximate surface area is 211 Å². The number of anilines is 3. The fourth-order valence-electron chi connectivity index (χ4n) is 5.82. The Morgan fingerprint density at radius 3 is 2.56 bits per heavy atom. The number of para-hydroxylation sites is 1. The molecule has 184 valence electrons. The predicted molar refractivity (Wildman–Crippen MR) is 142 cm³/mol. The molecule has 6 rings (SSSR count). The van der Waals surface area contributed by atoms with Gasteiger partial charge in [0.2, 0.25) is 0 Å². The van der Waals surface area contributed by atoms with Gasteiger partial charge in [-0.05, 0) is 75.0 Å². The van der Waals surface area contributed by atoms with Crippen LogP contribution in [0.4, 0.5) is 17.2 Å². The molecule has 8 heteroatoms. The first-order valence-corrected chi connectivity index (χ1v) is 12.8. The first-order valence-electron chi connectivity index (χ1n) is 12.8. The molecule has 3 aromatic rings. The van der Waals surface area contributed by atoms with Crippen molar-refractivity contribution in [3.8, 4) is 28.8 Å². The number of hydrogen-bond acceptors (Lipinski definition) is 8. The van der Waals surface area contributed by atoms with Gasteiger partial charge in [0, 0.05) is 42.6 Å². The summed E-state index contributed by atoms with van der Waals surface area (Å²) in [6.45, 7) is 4.83. The highest BCUT2D eigenvalue weighted by atomic mass is 16.3. The average molecular weight is 482 g/mol. The van der Waals surface area contributed by atoms with E-state index in [1.54, 1.807) is 12.1 Å². The zero-order valence-electron chi connectivity index (χ0n) is 20.3. The van der Waals surface area contributed by atoms with Crippen molar-refractivity contribution in [1.82, 2.24) is 20.1 Å². The standard InChI is InChI=1S/C28H31N7O/c29-28-26(17-25(31-32-28)24-7-1-2-8-27(24)36)34-18-22-9-10-23(19-34)35(22)21-11-12-30-20(16-21)6-5-15-33-13-3-4-14-33/h1-2,7-8,11-12,16-17,22-23,36H,3-4,9-10,13-15,18-19H2,(H2,29,32). The molecule has 2 bridgehead atoms. The van der Waals surface area contributed by atoms with Crippen LogP contribution in [-0.2, 0) is 0 Å². The van der Waals surface area contributed by atoms with Gasteiger partial charge in [0.25, 0.3) is 0 Å². The van der Waals surface area contributed by atoms with E-state index in [9.17, 15) is 5.11 Å². The quantitative estimate of drug-likeness (QED) is 0.549. The molecule has 36 heavy (non-hydrogen) atoms. The van der Waals surface area contributed by atoms with Crippen LogP contribution in [0.2, 0.25) is 0 Å². The number of nitrogen functional groups attached to an aromatic ring is 1. The lowest BCUT2D eigenvalue weighted by Crippen LogP contribution is -2.54. The first-order chi connectivity index (χ1) is 17.7. The number of nitrogens with two attached hydrogens (primary N) is 1. The van der Waals surface area contributed by atoms with Gasteiger partial charge in [0.05, 0.1) is 17.9 Å². The van der Waals surface area contributed by atoms with Crippen LogP contribution in [0, 0.1) is 11.8 Å². The summed E-state index contributed by atoms with van der Waals surface area (Å²) in [5, 5.41) is 18.8. The molecule has 0 radical (unpaired) electrons. The number of hydrogen-bond donors (Lipinski definition) is 2. The molecular weight excluding hydrogens is 450 g/mol. The number of nitrogens with zero attached hydrogens (tertiary/aromatic N) is 6. The molecule has 0 saturated carbocycles. The van der Waals surface area contributed by atoms with Crippen molar-refractivity contribution >= 4 is 17.2 Å². The molecule has 8 nitrogen and oxygen atoms in total. The molecule has 2 unspecified atom stereocenters. The number of fused-ring (bicyclic) bond motifs is 2. The van der Waals surface area contributed by atoms with Gasteiger partial charge in [0.1, 0.15) is 11.4 Å². The Kier molecular flexibility index (Phi) is 6.08. The lowest BCUT2D eigenvalue weighted by Gasteiger charge is -2.43. The third-order valence-corrected chi connectivity index (χ3v) is 7.56. The molecule has 3 saturated heterocycles. The van der Waals surface area contributed by atoms with Gasteiger partial charge >= 0.3 is 0 Å². The van der Waals surface area contributed by atoms with Crippen molar-refractivity contribution in [1.29, 1.82) is 0 Å². The van der Waals surface area contributed by atoms with Gasteiger partial charge in [-0.2, -0.15) is 0 Å². The molecule has 0 spiro atoms. The van der Waals surface area contributed by atoms with Crippen LogP contribution < -0.4 is 15.5 Å². The van der Waals surface area contributed by atoms with E-state index < -0.39 is 0 Å². The van der Waals surface area contributed by atoms with Gasteiger partial charge in [-0.3, -0.25) is 4.90 Å². The third kappa shape index (κ3) is 4.42. The molecule has 5 heterocycles. The van der Waals surface area contributed by atoms with Crippen molar-refractivity contribution in [2.45, 2.75) is 37.8 Å². The maximum absolute atomic E-state index is 10.3. The van der Waals surface area contributed by atoms with Crippen molar-refractivity contribution in [2.24, 2.45) is 0 Å². The molecule has 3 aliphatic rings. The summed E-state index contributed by atoms with van der Waals surface area (Å²) in [5.41, 5.74) is 10.5. The highest BCUT2D eigenvalue weighted by Gasteiger charge is 2.40. The number of likely N-dealkylation sites (tertiary alicyclic amines) is 1. The Morgan fingerprint density at radius 2 is 1.78 bits per heavy atom. The van der Waals surface area contributed by atoms with Crippen LogP contribution in [-0.4, -0.2) is 70.0 Å². The summed E-state index contributed by atoms with van der Waals surface area (Å²) in [6.07, 6.45) is 6.70. The molecular formula is C28H31N7O. The third-order valence-electron chi connectivity index (χ3n) is 7.56. The number of pyridine rings is 1. The smallest absolute Gasteiger partial charge is 0.169 e. The van der Waals surface area contributed by atoms with Gasteiger partial charge in [-0.25, -0.2) is 4.98 Å². The van der Waals surface area contributed by atoms with Gasteiger partial charge in [-0.15, -0.1) is 10.2 Å². The maximum Gasteiger partial charge on any atom is 0.169 e. The van der Waals surface area contributed by atoms with E-state index in [1.165, 1.54) is 18.5 Å². The van der Waals surface area contributed by atoms with E-state index in [1.807, 2.05) is 24.4 Å². The number of benzene rings is 1. The molecule has 3 N–H and O–H groups in total. The topological polar surface area (TPSA) is 94.6 Å². The molecule has 2 atom stereocenters. The van der Waals surface area contributed by atoms with E-state index in [0.717, 1.165) is 56.9 Å². The van der Waals surface area contributed by atoms with Crippen LogP contribution in [0.25, 0.3) is 11.3 Å². The van der Waals surface area contributed by atoms with Crippen molar-refractivity contribution in [3.63, 3.8) is 0 Å². The fourth-order valence-corrected chi connectivity index (χ4v) is 5.82. The average Bonchev–Trinajstić information content (AvgIpc) is 3.50. The van der Waals surface area contributed by atoms with E-state index in [0.29, 0.717) is 29.2 Å². The minimum atomic E-state index is 0.185. The van der Waals surface area contributed by atoms with Gasteiger partial charge in [0.15, 0.2) is 5.82 Å². The van der Waals surface area contributed by atoms with Gasteiger partial charge < -0.3 is 20.6 Å². The zero-order chi connectivity index (χ0) is 24.5. The van der Waals surface area contributed by atoms with Crippen LogP contribution in [0.3, 0.4) is 0 Å².